The molecule has 0 aromatic heterocycles. The maximum atomic E-state index is 12.0. The Hall–Kier alpha value is -0.700. The highest BCUT2D eigenvalue weighted by molar-refractivity contribution is 7.92. The number of terminal acetylenes is 1. The first-order valence-corrected chi connectivity index (χ1v) is 7.54. The van der Waals surface area contributed by atoms with Crippen LogP contribution < -0.4 is 0 Å². The molecular formula is C12H19F3O2S. The minimum absolute atomic E-state index is 0.0649. The van der Waals surface area contributed by atoms with Crippen LogP contribution in [0.4, 0.5) is 13.2 Å². The summed E-state index contributed by atoms with van der Waals surface area (Å²) in [6.07, 6.45) is 1.13. The molecule has 0 aromatic carbocycles. The molecule has 0 amide bonds. The van der Waals surface area contributed by atoms with Crippen molar-refractivity contribution >= 4 is 9.84 Å². The standard InChI is InChI=1S/C12H19F3O2S/c1-4-10(2)6-5-7-11(3)18(16,17)9-8-12(13,14)15/h1,10-11H,5-9H2,2-3H3. The number of sulfone groups is 1. The minimum atomic E-state index is -4.43. The Morgan fingerprint density at radius 1 is 1.22 bits per heavy atom. The second-order valence-corrected chi connectivity index (χ2v) is 7.08. The maximum Gasteiger partial charge on any atom is 0.390 e. The summed E-state index contributed by atoms with van der Waals surface area (Å²) in [5.74, 6) is 1.76. The predicted molar refractivity (Wildman–Crippen MR) is 65.8 cm³/mol. The van der Waals surface area contributed by atoms with Crippen molar-refractivity contribution < 1.29 is 21.6 Å². The highest BCUT2D eigenvalue weighted by Crippen LogP contribution is 2.22. The SMILES string of the molecule is C#CC(C)CCCC(C)S(=O)(=O)CCC(F)(F)F. The first kappa shape index (κ1) is 17.3. The number of hydrogen-bond donors (Lipinski definition) is 0. The Labute approximate surface area is 107 Å². The average molecular weight is 284 g/mol. The Bertz CT molecular complexity index is 379. The monoisotopic (exact) mass is 284 g/mol. The Kier molecular flexibility index (Phi) is 6.76. The van der Waals surface area contributed by atoms with Gasteiger partial charge in [-0.15, -0.1) is 12.3 Å². The van der Waals surface area contributed by atoms with Crippen molar-refractivity contribution in [3.05, 3.63) is 0 Å². The van der Waals surface area contributed by atoms with Gasteiger partial charge in [-0.3, -0.25) is 0 Å². The predicted octanol–water partition coefficient (Wildman–Crippen LogP) is 3.18. The second kappa shape index (κ2) is 7.03. The molecule has 0 aliphatic rings. The van der Waals surface area contributed by atoms with E-state index in [1.54, 1.807) is 0 Å². The molecule has 0 aromatic rings. The van der Waals surface area contributed by atoms with Crippen molar-refractivity contribution in [1.82, 2.24) is 0 Å². The van der Waals surface area contributed by atoms with Gasteiger partial charge in [-0.2, -0.15) is 13.2 Å². The van der Waals surface area contributed by atoms with Gasteiger partial charge in [-0.05, 0) is 19.8 Å². The number of rotatable bonds is 7. The molecule has 106 valence electrons. The third-order valence-electron chi connectivity index (χ3n) is 2.82. The summed E-state index contributed by atoms with van der Waals surface area (Å²) in [4.78, 5) is 0. The lowest BCUT2D eigenvalue weighted by molar-refractivity contribution is -0.129. The highest BCUT2D eigenvalue weighted by Gasteiger charge is 2.31. The summed E-state index contributed by atoms with van der Waals surface area (Å²) in [6, 6.07) is 0. The van der Waals surface area contributed by atoms with E-state index in [1.165, 1.54) is 6.92 Å². The molecule has 6 heteroatoms. The molecule has 0 fully saturated rings. The van der Waals surface area contributed by atoms with Crippen LogP contribution in [0.15, 0.2) is 0 Å². The van der Waals surface area contributed by atoms with Crippen LogP contribution in [0.25, 0.3) is 0 Å². The van der Waals surface area contributed by atoms with Crippen LogP contribution in [0.5, 0.6) is 0 Å². The largest absolute Gasteiger partial charge is 0.390 e. The van der Waals surface area contributed by atoms with Crippen molar-refractivity contribution in [2.24, 2.45) is 5.92 Å². The molecule has 2 nitrogen and oxygen atoms in total. The van der Waals surface area contributed by atoms with E-state index < -0.39 is 33.4 Å². The summed E-state index contributed by atoms with van der Waals surface area (Å²) >= 11 is 0. The molecule has 0 saturated heterocycles. The van der Waals surface area contributed by atoms with Gasteiger partial charge in [0.2, 0.25) is 0 Å². The zero-order valence-electron chi connectivity index (χ0n) is 10.6. The van der Waals surface area contributed by atoms with Crippen LogP contribution >= 0.6 is 0 Å². The summed E-state index contributed by atoms with van der Waals surface area (Å²) < 4.78 is 59.1. The first-order chi connectivity index (χ1) is 8.08. The van der Waals surface area contributed by atoms with Crippen LogP contribution in [-0.4, -0.2) is 25.6 Å². The van der Waals surface area contributed by atoms with Gasteiger partial charge in [0.15, 0.2) is 9.84 Å². The molecule has 0 heterocycles. The second-order valence-electron chi connectivity index (χ2n) is 4.54. The zero-order valence-corrected chi connectivity index (χ0v) is 11.4. The summed E-state index contributed by atoms with van der Waals surface area (Å²) in [5, 5.41) is -0.746. The fraction of sp³-hybridized carbons (Fsp3) is 0.833. The van der Waals surface area contributed by atoms with Crippen LogP contribution in [-0.2, 0) is 9.84 Å². The fourth-order valence-corrected chi connectivity index (χ4v) is 2.88. The van der Waals surface area contributed by atoms with Crippen molar-refractivity contribution in [2.45, 2.75) is 51.0 Å². The van der Waals surface area contributed by atoms with Gasteiger partial charge in [0.1, 0.15) is 0 Å². The number of alkyl halides is 3. The molecule has 0 aliphatic heterocycles. The van der Waals surface area contributed by atoms with Crippen LogP contribution in [0.3, 0.4) is 0 Å². The van der Waals surface area contributed by atoms with Gasteiger partial charge in [0.25, 0.3) is 0 Å². The highest BCUT2D eigenvalue weighted by atomic mass is 32.2. The summed E-state index contributed by atoms with van der Waals surface area (Å²) in [6.45, 7) is 3.30. The van der Waals surface area contributed by atoms with Gasteiger partial charge in [-0.25, -0.2) is 8.42 Å². The molecule has 0 saturated carbocycles. The van der Waals surface area contributed by atoms with E-state index in [0.29, 0.717) is 19.3 Å². The smallest absolute Gasteiger partial charge is 0.229 e. The quantitative estimate of drug-likeness (QED) is 0.673. The molecule has 18 heavy (non-hydrogen) atoms. The van der Waals surface area contributed by atoms with E-state index in [4.69, 9.17) is 6.42 Å². The lowest BCUT2D eigenvalue weighted by Crippen LogP contribution is -2.24. The van der Waals surface area contributed by atoms with Crippen molar-refractivity contribution in [3.63, 3.8) is 0 Å². The zero-order chi connectivity index (χ0) is 14.4. The molecule has 0 radical (unpaired) electrons. The normalized spacial score (nSPS) is 16.0. The lowest BCUT2D eigenvalue weighted by atomic mass is 10.0. The summed E-state index contributed by atoms with van der Waals surface area (Å²) in [7, 11) is -3.67. The average Bonchev–Trinajstić information content (AvgIpc) is 2.25. The molecule has 0 N–H and O–H groups in total. The maximum absolute atomic E-state index is 12.0. The van der Waals surface area contributed by atoms with E-state index >= 15 is 0 Å². The van der Waals surface area contributed by atoms with Gasteiger partial charge in [0, 0.05) is 5.92 Å². The van der Waals surface area contributed by atoms with E-state index in [1.807, 2.05) is 6.92 Å². The van der Waals surface area contributed by atoms with E-state index in [9.17, 15) is 21.6 Å². The number of hydrogen-bond acceptors (Lipinski definition) is 2. The molecule has 0 spiro atoms. The third kappa shape index (κ3) is 7.59. The van der Waals surface area contributed by atoms with Gasteiger partial charge in [-0.1, -0.05) is 13.3 Å². The Balaban J connectivity index is 4.16. The van der Waals surface area contributed by atoms with Gasteiger partial charge < -0.3 is 0 Å². The minimum Gasteiger partial charge on any atom is -0.229 e. The fourth-order valence-electron chi connectivity index (χ4n) is 1.43. The Morgan fingerprint density at radius 3 is 2.22 bits per heavy atom. The van der Waals surface area contributed by atoms with Crippen molar-refractivity contribution in [2.75, 3.05) is 5.75 Å². The van der Waals surface area contributed by atoms with Crippen LogP contribution in [0, 0.1) is 18.3 Å². The Morgan fingerprint density at radius 2 is 1.78 bits per heavy atom. The first-order valence-electron chi connectivity index (χ1n) is 5.83. The molecule has 0 aliphatic carbocycles. The molecule has 2 atom stereocenters. The third-order valence-corrected chi connectivity index (χ3v) is 5.05. The van der Waals surface area contributed by atoms with E-state index in [0.717, 1.165) is 0 Å². The van der Waals surface area contributed by atoms with Crippen LogP contribution in [0.2, 0.25) is 0 Å². The van der Waals surface area contributed by atoms with Crippen LogP contribution in [0.1, 0.15) is 39.5 Å². The lowest BCUT2D eigenvalue weighted by Gasteiger charge is -2.14. The van der Waals surface area contributed by atoms with Gasteiger partial charge in [0.05, 0.1) is 17.4 Å². The number of halogens is 3. The van der Waals surface area contributed by atoms with Crippen molar-refractivity contribution in [1.29, 1.82) is 0 Å². The van der Waals surface area contributed by atoms with Gasteiger partial charge >= 0.3 is 6.18 Å². The summed E-state index contributed by atoms with van der Waals surface area (Å²) in [5.41, 5.74) is 0. The van der Waals surface area contributed by atoms with E-state index in [-0.39, 0.29) is 5.92 Å². The topological polar surface area (TPSA) is 34.1 Å². The molecule has 0 bridgehead atoms. The molecule has 2 unspecified atom stereocenters. The van der Waals surface area contributed by atoms with Crippen molar-refractivity contribution in [3.8, 4) is 12.3 Å². The molecular weight excluding hydrogens is 265 g/mol. The van der Waals surface area contributed by atoms with E-state index in [2.05, 4.69) is 5.92 Å². The molecule has 0 rings (SSSR count).